The molecule has 2 heterocycles. The van der Waals surface area contributed by atoms with Crippen LogP contribution in [0.2, 0.25) is 5.02 Å². The molecule has 0 unspecified atom stereocenters. The highest BCUT2D eigenvalue weighted by molar-refractivity contribution is 6.30. The average molecular weight is 386 g/mol. The van der Waals surface area contributed by atoms with Crippen molar-refractivity contribution < 1.29 is 9.18 Å². The summed E-state index contributed by atoms with van der Waals surface area (Å²) in [5, 5.41) is 7.72. The maximum absolute atomic E-state index is 15.4. The highest BCUT2D eigenvalue weighted by Gasteiger charge is 2.38. The second-order valence-corrected chi connectivity index (χ2v) is 7.15. The lowest BCUT2D eigenvalue weighted by atomic mass is 9.86. The van der Waals surface area contributed by atoms with E-state index in [1.165, 1.54) is 0 Å². The summed E-state index contributed by atoms with van der Waals surface area (Å²) in [6.07, 6.45) is 0.362. The number of hydrogen-bond donors (Lipinski definition) is 1. The summed E-state index contributed by atoms with van der Waals surface area (Å²) < 4.78 is 15.4. The summed E-state index contributed by atoms with van der Waals surface area (Å²) >= 11 is 5.98. The monoisotopic (exact) mass is 385 g/mol. The molecule has 0 bridgehead atoms. The molecule has 0 radical (unpaired) electrons. The third-order valence-electron chi connectivity index (χ3n) is 5.08. The molecule has 1 aromatic heterocycles. The van der Waals surface area contributed by atoms with Crippen LogP contribution in [0.25, 0.3) is 10.8 Å². The lowest BCUT2D eigenvalue weighted by Gasteiger charge is -2.36. The zero-order valence-electron chi connectivity index (χ0n) is 14.4. The zero-order chi connectivity index (χ0) is 19.0. The number of hydrogen-bond acceptors (Lipinski definition) is 3. The van der Waals surface area contributed by atoms with Crippen LogP contribution in [0, 0.1) is 0 Å². The van der Waals surface area contributed by atoms with E-state index in [-0.39, 0.29) is 43.1 Å². The zero-order valence-corrected chi connectivity index (χ0v) is 15.2. The summed E-state index contributed by atoms with van der Waals surface area (Å²) in [6, 6.07) is 13.6. The number of H-pyrrole nitrogens is 1. The van der Waals surface area contributed by atoms with Crippen LogP contribution in [0.15, 0.2) is 53.3 Å². The number of likely N-dealkylation sites (tertiary alicyclic amines) is 1. The molecule has 0 saturated carbocycles. The number of nitrogens with one attached hydrogen (secondary N) is 1. The highest BCUT2D eigenvalue weighted by Crippen LogP contribution is 2.38. The minimum absolute atomic E-state index is 0.180. The van der Waals surface area contributed by atoms with Crippen molar-refractivity contribution >= 4 is 28.3 Å². The number of benzene rings is 2. The van der Waals surface area contributed by atoms with E-state index >= 15 is 4.39 Å². The topological polar surface area (TPSA) is 66.1 Å². The molecule has 1 aliphatic rings. The Morgan fingerprint density at radius 3 is 2.52 bits per heavy atom. The van der Waals surface area contributed by atoms with Gasteiger partial charge in [-0.25, -0.2) is 9.49 Å². The van der Waals surface area contributed by atoms with Crippen LogP contribution in [0.1, 0.15) is 28.9 Å². The van der Waals surface area contributed by atoms with Gasteiger partial charge in [-0.3, -0.25) is 9.59 Å². The van der Waals surface area contributed by atoms with Crippen molar-refractivity contribution in [1.29, 1.82) is 0 Å². The van der Waals surface area contributed by atoms with Crippen molar-refractivity contribution in [3.05, 3.63) is 75.2 Å². The molecule has 7 heteroatoms. The molecule has 27 heavy (non-hydrogen) atoms. The van der Waals surface area contributed by atoms with Crippen LogP contribution < -0.4 is 5.56 Å². The number of rotatable bonds is 2. The molecule has 1 fully saturated rings. The Morgan fingerprint density at radius 2 is 1.81 bits per heavy atom. The summed E-state index contributed by atoms with van der Waals surface area (Å²) in [4.78, 5) is 26.4. The maximum atomic E-state index is 15.4. The summed E-state index contributed by atoms with van der Waals surface area (Å²) in [5.74, 6) is -0.310. The number of fused-ring (bicyclic) bond motifs is 1. The van der Waals surface area contributed by atoms with Crippen molar-refractivity contribution in [3.8, 4) is 0 Å². The van der Waals surface area contributed by atoms with Gasteiger partial charge in [0.25, 0.3) is 11.5 Å². The second kappa shape index (κ2) is 6.78. The third-order valence-corrected chi connectivity index (χ3v) is 5.32. The van der Waals surface area contributed by atoms with E-state index in [9.17, 15) is 9.59 Å². The van der Waals surface area contributed by atoms with Gasteiger partial charge in [0.1, 0.15) is 5.67 Å². The standard InChI is InChI=1S/C20H17ClFN3O2/c21-14-5-3-4-13(12-14)20(22)8-10-25(11-9-20)19(27)17-15-6-1-2-7-16(15)18(26)24-23-17/h1-7,12H,8-11H2,(H,24,26). The highest BCUT2D eigenvalue weighted by atomic mass is 35.5. The van der Waals surface area contributed by atoms with Crippen LogP contribution in [0.4, 0.5) is 4.39 Å². The number of aromatic nitrogens is 2. The number of carbonyl (C=O) groups excluding carboxylic acids is 1. The minimum Gasteiger partial charge on any atom is -0.337 e. The fourth-order valence-corrected chi connectivity index (χ4v) is 3.74. The molecule has 1 aliphatic heterocycles. The molecular weight excluding hydrogens is 369 g/mol. The molecular formula is C20H17ClFN3O2. The molecule has 4 rings (SSSR count). The van der Waals surface area contributed by atoms with Crippen molar-refractivity contribution in [3.63, 3.8) is 0 Å². The second-order valence-electron chi connectivity index (χ2n) is 6.71. The number of piperidine rings is 1. The minimum atomic E-state index is -1.51. The Labute approximate surface area is 159 Å². The van der Waals surface area contributed by atoms with Crippen molar-refractivity contribution in [2.75, 3.05) is 13.1 Å². The quantitative estimate of drug-likeness (QED) is 0.731. The third kappa shape index (κ3) is 3.21. The summed E-state index contributed by atoms with van der Waals surface area (Å²) in [6.45, 7) is 0.522. The molecule has 1 saturated heterocycles. The van der Waals surface area contributed by atoms with Crippen LogP contribution >= 0.6 is 11.6 Å². The van der Waals surface area contributed by atoms with Crippen LogP contribution in [-0.4, -0.2) is 34.1 Å². The Balaban J connectivity index is 1.58. The van der Waals surface area contributed by atoms with Gasteiger partial charge < -0.3 is 4.90 Å². The van der Waals surface area contributed by atoms with Gasteiger partial charge in [-0.2, -0.15) is 5.10 Å². The molecule has 5 nitrogen and oxygen atoms in total. The summed E-state index contributed by atoms with van der Waals surface area (Å²) in [7, 11) is 0. The van der Waals surface area contributed by atoms with Crippen LogP contribution in [0.3, 0.4) is 0 Å². The van der Waals surface area contributed by atoms with Gasteiger partial charge in [-0.1, -0.05) is 41.9 Å². The first kappa shape index (κ1) is 17.7. The largest absolute Gasteiger partial charge is 0.337 e. The van der Waals surface area contributed by atoms with E-state index < -0.39 is 5.67 Å². The molecule has 0 atom stereocenters. The molecule has 3 aromatic rings. The predicted octanol–water partition coefficient (Wildman–Crippen LogP) is 3.68. The summed E-state index contributed by atoms with van der Waals surface area (Å²) in [5.41, 5.74) is -1.14. The maximum Gasteiger partial charge on any atom is 0.274 e. The lowest BCUT2D eigenvalue weighted by molar-refractivity contribution is 0.0418. The average Bonchev–Trinajstić information content (AvgIpc) is 2.69. The van der Waals surface area contributed by atoms with E-state index in [1.54, 1.807) is 53.4 Å². The van der Waals surface area contributed by atoms with Crippen LogP contribution in [0.5, 0.6) is 0 Å². The number of carbonyl (C=O) groups is 1. The van der Waals surface area contributed by atoms with Gasteiger partial charge in [-0.05, 0) is 23.8 Å². The number of halogens is 2. The first-order valence-corrected chi connectivity index (χ1v) is 9.07. The molecule has 138 valence electrons. The van der Waals surface area contributed by atoms with Gasteiger partial charge >= 0.3 is 0 Å². The van der Waals surface area contributed by atoms with Crippen molar-refractivity contribution in [1.82, 2.24) is 15.1 Å². The number of amides is 1. The normalized spacial score (nSPS) is 16.4. The molecule has 0 aliphatic carbocycles. The van der Waals surface area contributed by atoms with Gasteiger partial charge in [0.2, 0.25) is 0 Å². The lowest BCUT2D eigenvalue weighted by Crippen LogP contribution is -2.43. The first-order chi connectivity index (χ1) is 13.0. The number of alkyl halides is 1. The van der Waals surface area contributed by atoms with E-state index in [4.69, 9.17) is 11.6 Å². The smallest absolute Gasteiger partial charge is 0.274 e. The predicted molar refractivity (Wildman–Crippen MR) is 102 cm³/mol. The van der Waals surface area contributed by atoms with Gasteiger partial charge in [0, 0.05) is 36.3 Å². The molecule has 1 amide bonds. The Kier molecular flexibility index (Phi) is 4.44. The Hall–Kier alpha value is -2.73. The molecule has 1 N–H and O–H groups in total. The number of nitrogens with zero attached hydrogens (tertiary/aromatic N) is 2. The van der Waals surface area contributed by atoms with Gasteiger partial charge in [0.05, 0.1) is 5.39 Å². The van der Waals surface area contributed by atoms with Gasteiger partial charge in [0.15, 0.2) is 5.69 Å². The first-order valence-electron chi connectivity index (χ1n) is 8.70. The molecule has 0 spiro atoms. The SMILES string of the molecule is O=C(c1n[nH]c(=O)c2ccccc12)N1CCC(F)(c2cccc(Cl)c2)CC1. The van der Waals surface area contributed by atoms with Crippen molar-refractivity contribution in [2.45, 2.75) is 18.5 Å². The van der Waals surface area contributed by atoms with E-state index in [2.05, 4.69) is 10.2 Å². The van der Waals surface area contributed by atoms with Crippen LogP contribution in [-0.2, 0) is 5.67 Å². The Morgan fingerprint density at radius 1 is 1.11 bits per heavy atom. The van der Waals surface area contributed by atoms with Crippen molar-refractivity contribution in [2.24, 2.45) is 0 Å². The fourth-order valence-electron chi connectivity index (χ4n) is 3.55. The fraction of sp³-hybridized carbons (Fsp3) is 0.250. The van der Waals surface area contributed by atoms with E-state index in [0.717, 1.165) is 0 Å². The van der Waals surface area contributed by atoms with E-state index in [0.29, 0.717) is 21.4 Å². The van der Waals surface area contributed by atoms with Gasteiger partial charge in [-0.15, -0.1) is 0 Å². The van der Waals surface area contributed by atoms with E-state index in [1.807, 2.05) is 0 Å². The Bertz CT molecular complexity index is 1070. The molecule has 2 aromatic carbocycles. The number of aromatic amines is 1.